The smallest absolute Gasteiger partial charge is 0.162 e. The van der Waals surface area contributed by atoms with Crippen molar-refractivity contribution < 1.29 is 9.59 Å². The van der Waals surface area contributed by atoms with E-state index < -0.39 is 0 Å². The molecule has 2 nitrogen and oxygen atoms in total. The third kappa shape index (κ3) is 7.45. The Morgan fingerprint density at radius 2 is 1.53 bits per heavy atom. The van der Waals surface area contributed by atoms with Crippen molar-refractivity contribution in [3.63, 3.8) is 0 Å². The Labute approximate surface area is 104 Å². The van der Waals surface area contributed by atoms with Crippen molar-refractivity contribution in [1.29, 1.82) is 0 Å². The summed E-state index contributed by atoms with van der Waals surface area (Å²) in [5.41, 5.74) is 2.03. The number of benzene rings is 1. The van der Waals surface area contributed by atoms with Crippen molar-refractivity contribution in [2.24, 2.45) is 0 Å². The molecule has 0 aliphatic rings. The van der Waals surface area contributed by atoms with Gasteiger partial charge >= 0.3 is 0 Å². The molecule has 0 saturated carbocycles. The van der Waals surface area contributed by atoms with Crippen LogP contribution in [0, 0.1) is 6.92 Å². The summed E-state index contributed by atoms with van der Waals surface area (Å²) in [5, 5.41) is 0. The molecule has 0 atom stereocenters. The number of hydrogen-bond acceptors (Lipinski definition) is 2. The summed E-state index contributed by atoms with van der Waals surface area (Å²) in [4.78, 5) is 21.2. The molecule has 0 saturated heterocycles. The Balaban J connectivity index is 0.000000437. The van der Waals surface area contributed by atoms with Crippen LogP contribution in [0.5, 0.6) is 0 Å². The van der Waals surface area contributed by atoms with E-state index in [0.29, 0.717) is 12.8 Å². The first-order chi connectivity index (χ1) is 8.01. The maximum absolute atomic E-state index is 11.4. The van der Waals surface area contributed by atoms with Gasteiger partial charge < -0.3 is 4.79 Å². The standard InChI is InChI=1S/C11H14O.C4H8O/c1-3-4-11(12)10-7-5-9(2)6-8-10;1-3-4(2)5/h5-8H,3-4H2,1-2H3;3H2,1-2H3. The van der Waals surface area contributed by atoms with E-state index in [1.165, 1.54) is 5.56 Å². The van der Waals surface area contributed by atoms with E-state index >= 15 is 0 Å². The van der Waals surface area contributed by atoms with Crippen LogP contribution < -0.4 is 0 Å². The van der Waals surface area contributed by atoms with E-state index in [2.05, 4.69) is 0 Å². The average molecular weight is 234 g/mol. The van der Waals surface area contributed by atoms with Gasteiger partial charge in [-0.05, 0) is 20.3 Å². The van der Waals surface area contributed by atoms with Crippen LogP contribution in [0.3, 0.4) is 0 Å². The molecular formula is C15H22O2. The highest BCUT2D eigenvalue weighted by Gasteiger charge is 2.02. The molecule has 1 rings (SSSR count). The molecule has 0 spiro atoms. The second-order valence-corrected chi connectivity index (χ2v) is 4.09. The minimum absolute atomic E-state index is 0.248. The molecule has 17 heavy (non-hydrogen) atoms. The predicted octanol–water partition coefficient (Wildman–Crippen LogP) is 3.96. The first-order valence-corrected chi connectivity index (χ1v) is 6.10. The molecule has 0 aliphatic carbocycles. The lowest BCUT2D eigenvalue weighted by Crippen LogP contribution is -1.97. The van der Waals surface area contributed by atoms with Gasteiger partial charge in [-0.25, -0.2) is 0 Å². The van der Waals surface area contributed by atoms with Gasteiger partial charge in [0.25, 0.3) is 0 Å². The van der Waals surface area contributed by atoms with Crippen molar-refractivity contribution in [3.8, 4) is 0 Å². The van der Waals surface area contributed by atoms with Gasteiger partial charge in [-0.15, -0.1) is 0 Å². The molecule has 0 unspecified atom stereocenters. The molecule has 0 aromatic heterocycles. The van der Waals surface area contributed by atoms with Gasteiger partial charge in [0.15, 0.2) is 5.78 Å². The molecule has 1 aromatic carbocycles. The second kappa shape index (κ2) is 8.68. The number of carbonyl (C=O) groups is 2. The molecule has 0 fully saturated rings. The van der Waals surface area contributed by atoms with Crippen LogP contribution in [0.1, 0.15) is 56.0 Å². The Morgan fingerprint density at radius 1 is 1.06 bits per heavy atom. The monoisotopic (exact) mass is 234 g/mol. The van der Waals surface area contributed by atoms with Crippen LogP contribution in [-0.4, -0.2) is 11.6 Å². The first kappa shape index (κ1) is 15.6. The topological polar surface area (TPSA) is 34.1 Å². The number of Topliss-reactive ketones (excluding diaryl/α,β-unsaturated/α-hetero) is 2. The van der Waals surface area contributed by atoms with Crippen molar-refractivity contribution in [2.75, 3.05) is 0 Å². The number of rotatable bonds is 4. The van der Waals surface area contributed by atoms with Crippen molar-refractivity contribution in [2.45, 2.75) is 47.0 Å². The highest BCUT2D eigenvalue weighted by atomic mass is 16.1. The largest absolute Gasteiger partial charge is 0.300 e. The zero-order valence-electron chi connectivity index (χ0n) is 11.2. The molecule has 0 amide bonds. The molecule has 0 bridgehead atoms. The third-order valence-corrected chi connectivity index (χ3v) is 2.35. The maximum Gasteiger partial charge on any atom is 0.162 e. The van der Waals surface area contributed by atoms with E-state index in [0.717, 1.165) is 12.0 Å². The number of aryl methyl sites for hydroxylation is 1. The number of hydrogen-bond donors (Lipinski definition) is 0. The van der Waals surface area contributed by atoms with Gasteiger partial charge in [0.05, 0.1) is 0 Å². The Bertz CT molecular complexity index is 350. The van der Waals surface area contributed by atoms with Crippen LogP contribution in [-0.2, 0) is 4.79 Å². The zero-order valence-corrected chi connectivity index (χ0v) is 11.2. The van der Waals surface area contributed by atoms with Crippen molar-refractivity contribution >= 4 is 11.6 Å². The van der Waals surface area contributed by atoms with Crippen LogP contribution >= 0.6 is 0 Å². The molecule has 2 heteroatoms. The van der Waals surface area contributed by atoms with Crippen LogP contribution in [0.25, 0.3) is 0 Å². The van der Waals surface area contributed by atoms with E-state index in [4.69, 9.17) is 0 Å². The zero-order chi connectivity index (χ0) is 13.3. The summed E-state index contributed by atoms with van der Waals surface area (Å²) in [7, 11) is 0. The Morgan fingerprint density at radius 3 is 1.88 bits per heavy atom. The van der Waals surface area contributed by atoms with Gasteiger partial charge in [-0.1, -0.05) is 43.7 Å². The van der Waals surface area contributed by atoms with E-state index in [1.807, 2.05) is 45.0 Å². The molecule has 0 N–H and O–H groups in total. The fourth-order valence-electron chi connectivity index (χ4n) is 1.11. The van der Waals surface area contributed by atoms with Crippen molar-refractivity contribution in [1.82, 2.24) is 0 Å². The molecule has 94 valence electrons. The summed E-state index contributed by atoms with van der Waals surface area (Å²) in [5.74, 6) is 0.502. The van der Waals surface area contributed by atoms with Gasteiger partial charge in [0.2, 0.25) is 0 Å². The molecular weight excluding hydrogens is 212 g/mol. The van der Waals surface area contributed by atoms with Gasteiger partial charge in [0, 0.05) is 18.4 Å². The van der Waals surface area contributed by atoms with E-state index in [1.54, 1.807) is 6.92 Å². The van der Waals surface area contributed by atoms with Crippen LogP contribution in [0.4, 0.5) is 0 Å². The Hall–Kier alpha value is -1.44. The predicted molar refractivity (Wildman–Crippen MR) is 71.4 cm³/mol. The Kier molecular flexibility index (Phi) is 7.95. The van der Waals surface area contributed by atoms with Crippen molar-refractivity contribution in [3.05, 3.63) is 35.4 Å². The van der Waals surface area contributed by atoms with Gasteiger partial charge in [-0.3, -0.25) is 4.79 Å². The second-order valence-electron chi connectivity index (χ2n) is 4.09. The first-order valence-electron chi connectivity index (χ1n) is 6.10. The SMILES string of the molecule is CCC(C)=O.CCCC(=O)c1ccc(C)cc1. The average Bonchev–Trinajstić information content (AvgIpc) is 2.31. The van der Waals surface area contributed by atoms with Gasteiger partial charge in [0.1, 0.15) is 5.78 Å². The normalized spacial score (nSPS) is 9.18. The number of carbonyl (C=O) groups excluding carboxylic acids is 2. The van der Waals surface area contributed by atoms with E-state index in [9.17, 15) is 9.59 Å². The lowest BCUT2D eigenvalue weighted by molar-refractivity contribution is -0.116. The molecule has 0 aliphatic heterocycles. The minimum Gasteiger partial charge on any atom is -0.300 e. The molecule has 0 heterocycles. The molecule has 0 radical (unpaired) electrons. The fourth-order valence-corrected chi connectivity index (χ4v) is 1.11. The van der Waals surface area contributed by atoms with Crippen LogP contribution in [0.15, 0.2) is 24.3 Å². The quantitative estimate of drug-likeness (QED) is 0.739. The summed E-state index contributed by atoms with van der Waals surface area (Å²) in [6, 6.07) is 7.74. The summed E-state index contributed by atoms with van der Waals surface area (Å²) >= 11 is 0. The summed E-state index contributed by atoms with van der Waals surface area (Å²) in [6.45, 7) is 7.47. The van der Waals surface area contributed by atoms with E-state index in [-0.39, 0.29) is 11.6 Å². The molecule has 1 aromatic rings. The minimum atomic E-state index is 0.248. The maximum atomic E-state index is 11.4. The summed E-state index contributed by atoms with van der Waals surface area (Å²) < 4.78 is 0. The highest BCUT2D eigenvalue weighted by Crippen LogP contribution is 2.06. The lowest BCUT2D eigenvalue weighted by atomic mass is 10.1. The van der Waals surface area contributed by atoms with Gasteiger partial charge in [-0.2, -0.15) is 0 Å². The summed E-state index contributed by atoms with van der Waals surface area (Å²) in [6.07, 6.45) is 2.25. The number of ketones is 2. The lowest BCUT2D eigenvalue weighted by Gasteiger charge is -1.98. The van der Waals surface area contributed by atoms with Crippen LogP contribution in [0.2, 0.25) is 0 Å². The highest BCUT2D eigenvalue weighted by molar-refractivity contribution is 5.95. The fraction of sp³-hybridized carbons (Fsp3) is 0.467. The third-order valence-electron chi connectivity index (χ3n) is 2.35.